The number of nitrogens with one attached hydrogen (secondary N) is 1. The van der Waals surface area contributed by atoms with Gasteiger partial charge < -0.3 is 9.73 Å². The molecule has 28 heavy (non-hydrogen) atoms. The molecule has 4 rings (SSSR count). The molecule has 1 N–H and O–H groups in total. The normalized spacial score (nSPS) is 10.9. The third kappa shape index (κ3) is 3.73. The van der Waals surface area contributed by atoms with Gasteiger partial charge in [-0.15, -0.1) is 0 Å². The maximum absolute atomic E-state index is 13.8. The lowest BCUT2D eigenvalue weighted by Gasteiger charge is -2.07. The zero-order valence-electron chi connectivity index (χ0n) is 14.7. The van der Waals surface area contributed by atoms with Crippen LogP contribution in [0.5, 0.6) is 0 Å². The van der Waals surface area contributed by atoms with Crippen LogP contribution in [0.3, 0.4) is 0 Å². The summed E-state index contributed by atoms with van der Waals surface area (Å²) in [6.45, 7) is 0. The van der Waals surface area contributed by atoms with Crippen LogP contribution < -0.4 is 5.32 Å². The molecule has 0 saturated carbocycles. The van der Waals surface area contributed by atoms with E-state index in [9.17, 15) is 13.6 Å². The quantitative estimate of drug-likeness (QED) is 0.544. The Hall–Kier alpha value is -3.61. The second-order valence-corrected chi connectivity index (χ2v) is 6.17. The number of carbonyl (C=O) groups excluding carboxylic acids is 1. The third-order valence-corrected chi connectivity index (χ3v) is 4.22. The first-order chi connectivity index (χ1) is 13.6. The van der Waals surface area contributed by atoms with Gasteiger partial charge in [-0.1, -0.05) is 18.2 Å². The lowest BCUT2D eigenvalue weighted by atomic mass is 10.2. The van der Waals surface area contributed by atoms with Crippen LogP contribution in [0, 0.1) is 11.6 Å². The molecule has 0 aliphatic rings. The predicted molar refractivity (Wildman–Crippen MR) is 101 cm³/mol. The van der Waals surface area contributed by atoms with E-state index in [1.807, 2.05) is 24.3 Å². The minimum atomic E-state index is -0.733. The summed E-state index contributed by atoms with van der Waals surface area (Å²) in [5, 5.41) is 3.77. The van der Waals surface area contributed by atoms with Crippen LogP contribution in [-0.4, -0.2) is 15.9 Å². The van der Waals surface area contributed by atoms with Crippen molar-refractivity contribution in [3.63, 3.8) is 0 Å². The first-order valence-electron chi connectivity index (χ1n) is 8.64. The van der Waals surface area contributed by atoms with E-state index in [1.165, 1.54) is 12.3 Å². The number of rotatable bonds is 5. The van der Waals surface area contributed by atoms with Crippen molar-refractivity contribution in [2.75, 3.05) is 5.32 Å². The monoisotopic (exact) mass is 379 g/mol. The Morgan fingerprint density at radius 3 is 2.79 bits per heavy atom. The summed E-state index contributed by atoms with van der Waals surface area (Å²) in [7, 11) is 0. The molecule has 0 unspecified atom stereocenters. The average molecular weight is 379 g/mol. The van der Waals surface area contributed by atoms with Crippen molar-refractivity contribution in [1.29, 1.82) is 0 Å². The van der Waals surface area contributed by atoms with E-state index in [1.54, 1.807) is 12.3 Å². The van der Waals surface area contributed by atoms with Gasteiger partial charge in [-0.25, -0.2) is 13.8 Å². The van der Waals surface area contributed by atoms with Crippen LogP contribution in [0.15, 0.2) is 65.3 Å². The maximum Gasteiger partial charge on any atom is 0.224 e. The van der Waals surface area contributed by atoms with Crippen molar-refractivity contribution < 1.29 is 18.0 Å². The van der Waals surface area contributed by atoms with Gasteiger partial charge in [0.1, 0.15) is 11.6 Å². The van der Waals surface area contributed by atoms with Crippen molar-refractivity contribution >= 4 is 22.5 Å². The Bertz CT molecular complexity index is 1150. The van der Waals surface area contributed by atoms with Gasteiger partial charge >= 0.3 is 0 Å². The summed E-state index contributed by atoms with van der Waals surface area (Å²) in [6, 6.07) is 12.5. The standard InChI is InChI=1S/C21H15F2N3O2/c22-14-6-7-15(16(23)11-14)18-12-25-20(28-18)9-8-19(27)26-17-5-1-3-13-4-2-10-24-21(13)17/h1-7,10-12H,8-9H2,(H,26,27). The van der Waals surface area contributed by atoms with Crippen molar-refractivity contribution in [2.24, 2.45) is 0 Å². The minimum Gasteiger partial charge on any atom is -0.441 e. The molecule has 0 aliphatic carbocycles. The number of oxazole rings is 1. The largest absolute Gasteiger partial charge is 0.441 e. The fourth-order valence-electron chi connectivity index (χ4n) is 2.88. The fraction of sp³-hybridized carbons (Fsp3) is 0.0952. The molecule has 4 aromatic rings. The van der Waals surface area contributed by atoms with Crippen molar-refractivity contribution in [3.05, 3.63) is 78.4 Å². The van der Waals surface area contributed by atoms with Crippen LogP contribution >= 0.6 is 0 Å². The van der Waals surface area contributed by atoms with Gasteiger partial charge in [-0.2, -0.15) is 0 Å². The van der Waals surface area contributed by atoms with E-state index in [-0.39, 0.29) is 30.1 Å². The van der Waals surface area contributed by atoms with Gasteiger partial charge in [0.25, 0.3) is 0 Å². The fourth-order valence-corrected chi connectivity index (χ4v) is 2.88. The Balaban J connectivity index is 1.42. The number of halogens is 2. The predicted octanol–water partition coefficient (Wildman–Crippen LogP) is 4.74. The molecule has 2 aromatic heterocycles. The van der Waals surface area contributed by atoms with E-state index in [0.29, 0.717) is 17.1 Å². The van der Waals surface area contributed by atoms with Gasteiger partial charge in [0, 0.05) is 30.5 Å². The summed E-state index contributed by atoms with van der Waals surface area (Å²) in [6.07, 6.45) is 3.40. The number of fused-ring (bicyclic) bond motifs is 1. The second kappa shape index (κ2) is 7.56. The smallest absolute Gasteiger partial charge is 0.224 e. The molecule has 140 valence electrons. The molecule has 0 fully saturated rings. The number of hydrogen-bond donors (Lipinski definition) is 1. The molecule has 1 amide bonds. The zero-order chi connectivity index (χ0) is 19.5. The highest BCUT2D eigenvalue weighted by atomic mass is 19.1. The van der Waals surface area contributed by atoms with Crippen LogP contribution in [0.4, 0.5) is 14.5 Å². The molecule has 5 nitrogen and oxygen atoms in total. The van der Waals surface area contributed by atoms with Crippen LogP contribution in [0.2, 0.25) is 0 Å². The number of carbonyl (C=O) groups is 1. The molecule has 0 aliphatic heterocycles. The summed E-state index contributed by atoms with van der Waals surface area (Å²) in [5.41, 5.74) is 1.46. The van der Waals surface area contributed by atoms with E-state index in [2.05, 4.69) is 15.3 Å². The van der Waals surface area contributed by atoms with Gasteiger partial charge in [-0.05, 0) is 24.3 Å². The molecule has 0 saturated heterocycles. The highest BCUT2D eigenvalue weighted by Gasteiger charge is 2.13. The van der Waals surface area contributed by atoms with E-state index in [4.69, 9.17) is 4.42 Å². The van der Waals surface area contributed by atoms with Crippen molar-refractivity contribution in [1.82, 2.24) is 9.97 Å². The molecule has 2 aromatic carbocycles. The van der Waals surface area contributed by atoms with Crippen molar-refractivity contribution in [2.45, 2.75) is 12.8 Å². The van der Waals surface area contributed by atoms with Gasteiger partial charge in [-0.3, -0.25) is 9.78 Å². The highest BCUT2D eigenvalue weighted by molar-refractivity contribution is 6.00. The number of amides is 1. The lowest BCUT2D eigenvalue weighted by Crippen LogP contribution is -2.12. The molecule has 0 atom stereocenters. The number of aryl methyl sites for hydroxylation is 1. The maximum atomic E-state index is 13.8. The van der Waals surface area contributed by atoms with Crippen LogP contribution in [0.25, 0.3) is 22.2 Å². The molecule has 0 spiro atoms. The van der Waals surface area contributed by atoms with Gasteiger partial charge in [0.2, 0.25) is 5.91 Å². The van der Waals surface area contributed by atoms with Crippen LogP contribution in [-0.2, 0) is 11.2 Å². The van der Waals surface area contributed by atoms with E-state index >= 15 is 0 Å². The SMILES string of the molecule is O=C(CCc1ncc(-c2ccc(F)cc2F)o1)Nc1cccc2cccnc12. The third-order valence-electron chi connectivity index (χ3n) is 4.22. The number of para-hydroxylation sites is 1. The Kier molecular flexibility index (Phi) is 4.80. The molecular formula is C21H15F2N3O2. The van der Waals surface area contributed by atoms with E-state index < -0.39 is 11.6 Å². The summed E-state index contributed by atoms with van der Waals surface area (Å²) < 4.78 is 32.3. The Labute approximate surface area is 159 Å². The number of anilines is 1. The first kappa shape index (κ1) is 17.8. The molecule has 0 radical (unpaired) electrons. The first-order valence-corrected chi connectivity index (χ1v) is 8.64. The topological polar surface area (TPSA) is 68.0 Å². The minimum absolute atomic E-state index is 0.117. The van der Waals surface area contributed by atoms with Gasteiger partial charge in [0.05, 0.1) is 23.0 Å². The molecule has 7 heteroatoms. The van der Waals surface area contributed by atoms with Crippen molar-refractivity contribution in [3.8, 4) is 11.3 Å². The molecule has 0 bridgehead atoms. The zero-order valence-corrected chi connectivity index (χ0v) is 14.7. The summed E-state index contributed by atoms with van der Waals surface area (Å²) in [5.74, 6) is -1.13. The van der Waals surface area contributed by atoms with Gasteiger partial charge in [0.15, 0.2) is 11.7 Å². The summed E-state index contributed by atoms with van der Waals surface area (Å²) >= 11 is 0. The number of aromatic nitrogens is 2. The number of hydrogen-bond acceptors (Lipinski definition) is 4. The molecular weight excluding hydrogens is 364 g/mol. The number of benzene rings is 2. The number of pyridine rings is 1. The Morgan fingerprint density at radius 2 is 1.93 bits per heavy atom. The summed E-state index contributed by atoms with van der Waals surface area (Å²) in [4.78, 5) is 20.6. The second-order valence-electron chi connectivity index (χ2n) is 6.17. The number of nitrogens with zero attached hydrogens (tertiary/aromatic N) is 2. The highest BCUT2D eigenvalue weighted by Crippen LogP contribution is 2.25. The lowest BCUT2D eigenvalue weighted by molar-refractivity contribution is -0.116. The van der Waals surface area contributed by atoms with Crippen LogP contribution in [0.1, 0.15) is 12.3 Å². The van der Waals surface area contributed by atoms with E-state index in [0.717, 1.165) is 17.5 Å². The Morgan fingerprint density at radius 1 is 1.07 bits per heavy atom. The average Bonchev–Trinajstić information content (AvgIpc) is 3.15. The molecule has 2 heterocycles.